The van der Waals surface area contributed by atoms with E-state index in [2.05, 4.69) is 36.1 Å². The number of piperidine rings is 1. The molecule has 1 aliphatic heterocycles. The summed E-state index contributed by atoms with van der Waals surface area (Å²) >= 11 is 0. The number of carbonyl (C=O) groups excluding carboxylic acids is 1. The number of para-hydroxylation sites is 1. The summed E-state index contributed by atoms with van der Waals surface area (Å²) in [6.07, 6.45) is 3.02. The van der Waals surface area contributed by atoms with Gasteiger partial charge in [0.15, 0.2) is 0 Å². The molecule has 0 N–H and O–H groups in total. The molecule has 2 rings (SSSR count). The predicted octanol–water partition coefficient (Wildman–Crippen LogP) is 2.64. The molecule has 3 heteroatoms. The first-order valence-electron chi connectivity index (χ1n) is 6.67. The molecule has 1 aromatic carbocycles. The van der Waals surface area contributed by atoms with Gasteiger partial charge in [-0.3, -0.25) is 4.79 Å². The SMILES string of the molecule is CCc1ccccc1N1CCCC(C(=O)OC)C1. The van der Waals surface area contributed by atoms with Crippen LogP contribution in [0, 0.1) is 5.92 Å². The molecule has 1 atom stereocenters. The van der Waals surface area contributed by atoms with Crippen molar-refractivity contribution in [3.8, 4) is 0 Å². The fourth-order valence-electron chi connectivity index (χ4n) is 2.67. The van der Waals surface area contributed by atoms with Gasteiger partial charge in [0.25, 0.3) is 0 Å². The Labute approximate surface area is 109 Å². The van der Waals surface area contributed by atoms with Crippen LogP contribution in [0.25, 0.3) is 0 Å². The Kier molecular flexibility index (Phi) is 4.24. The Morgan fingerprint density at radius 3 is 2.94 bits per heavy atom. The lowest BCUT2D eigenvalue weighted by molar-refractivity contribution is -0.145. The number of ether oxygens (including phenoxy) is 1. The van der Waals surface area contributed by atoms with Crippen LogP contribution >= 0.6 is 0 Å². The smallest absolute Gasteiger partial charge is 0.310 e. The van der Waals surface area contributed by atoms with Crippen molar-refractivity contribution >= 4 is 11.7 Å². The second kappa shape index (κ2) is 5.89. The van der Waals surface area contributed by atoms with Crippen molar-refractivity contribution in [3.63, 3.8) is 0 Å². The lowest BCUT2D eigenvalue weighted by Crippen LogP contribution is -2.39. The largest absolute Gasteiger partial charge is 0.469 e. The van der Waals surface area contributed by atoms with E-state index in [0.717, 1.165) is 32.4 Å². The molecule has 18 heavy (non-hydrogen) atoms. The van der Waals surface area contributed by atoms with Crippen molar-refractivity contribution in [2.24, 2.45) is 5.92 Å². The van der Waals surface area contributed by atoms with Gasteiger partial charge in [0, 0.05) is 18.8 Å². The summed E-state index contributed by atoms with van der Waals surface area (Å²) in [5, 5.41) is 0. The minimum Gasteiger partial charge on any atom is -0.469 e. The van der Waals surface area contributed by atoms with Crippen LogP contribution in [0.15, 0.2) is 24.3 Å². The van der Waals surface area contributed by atoms with Crippen molar-refractivity contribution in [2.45, 2.75) is 26.2 Å². The highest BCUT2D eigenvalue weighted by Crippen LogP contribution is 2.27. The van der Waals surface area contributed by atoms with Gasteiger partial charge < -0.3 is 9.64 Å². The molecule has 0 saturated carbocycles. The van der Waals surface area contributed by atoms with Crippen LogP contribution < -0.4 is 4.90 Å². The summed E-state index contributed by atoms with van der Waals surface area (Å²) < 4.78 is 4.86. The van der Waals surface area contributed by atoms with E-state index in [1.54, 1.807) is 0 Å². The standard InChI is InChI=1S/C15H21NO2/c1-3-12-7-4-5-9-14(12)16-10-6-8-13(11-16)15(17)18-2/h4-5,7,9,13H,3,6,8,10-11H2,1-2H3. The number of nitrogens with zero attached hydrogens (tertiary/aromatic N) is 1. The van der Waals surface area contributed by atoms with E-state index in [0.29, 0.717) is 0 Å². The topological polar surface area (TPSA) is 29.5 Å². The van der Waals surface area contributed by atoms with Gasteiger partial charge >= 0.3 is 5.97 Å². The Morgan fingerprint density at radius 2 is 2.22 bits per heavy atom. The maximum absolute atomic E-state index is 11.6. The number of esters is 1. The Hall–Kier alpha value is -1.51. The van der Waals surface area contributed by atoms with Gasteiger partial charge in [0.2, 0.25) is 0 Å². The van der Waals surface area contributed by atoms with Crippen molar-refractivity contribution < 1.29 is 9.53 Å². The molecule has 1 heterocycles. The highest BCUT2D eigenvalue weighted by Gasteiger charge is 2.27. The average molecular weight is 247 g/mol. The normalized spacial score (nSPS) is 19.7. The number of carbonyl (C=O) groups is 1. The predicted molar refractivity (Wildman–Crippen MR) is 72.8 cm³/mol. The number of hydrogen-bond acceptors (Lipinski definition) is 3. The maximum atomic E-state index is 11.6. The Balaban J connectivity index is 2.15. The summed E-state index contributed by atoms with van der Waals surface area (Å²) in [5.41, 5.74) is 2.62. The third-order valence-electron chi connectivity index (χ3n) is 3.67. The second-order valence-corrected chi connectivity index (χ2v) is 4.79. The van der Waals surface area contributed by atoms with E-state index in [-0.39, 0.29) is 11.9 Å². The summed E-state index contributed by atoms with van der Waals surface area (Å²) in [6, 6.07) is 8.45. The highest BCUT2D eigenvalue weighted by atomic mass is 16.5. The van der Waals surface area contributed by atoms with Gasteiger partial charge in [-0.2, -0.15) is 0 Å². The zero-order valence-corrected chi connectivity index (χ0v) is 11.2. The van der Waals surface area contributed by atoms with E-state index in [4.69, 9.17) is 4.74 Å². The van der Waals surface area contributed by atoms with Gasteiger partial charge in [-0.15, -0.1) is 0 Å². The van der Waals surface area contributed by atoms with Crippen LogP contribution in [0.3, 0.4) is 0 Å². The summed E-state index contributed by atoms with van der Waals surface area (Å²) in [5.74, 6) is -0.0534. The first-order chi connectivity index (χ1) is 8.76. The average Bonchev–Trinajstić information content (AvgIpc) is 2.46. The first kappa shape index (κ1) is 12.9. The number of rotatable bonds is 3. The monoisotopic (exact) mass is 247 g/mol. The van der Waals surface area contributed by atoms with Crippen molar-refractivity contribution in [3.05, 3.63) is 29.8 Å². The molecule has 1 saturated heterocycles. The van der Waals surface area contributed by atoms with Crippen LogP contribution in [0.4, 0.5) is 5.69 Å². The zero-order valence-electron chi connectivity index (χ0n) is 11.2. The molecule has 0 aromatic heterocycles. The quantitative estimate of drug-likeness (QED) is 0.769. The number of benzene rings is 1. The van der Waals surface area contributed by atoms with Crippen molar-refractivity contribution in [1.29, 1.82) is 0 Å². The van der Waals surface area contributed by atoms with Gasteiger partial charge in [-0.1, -0.05) is 25.1 Å². The molecule has 1 aromatic rings. The molecule has 0 aliphatic carbocycles. The van der Waals surface area contributed by atoms with Gasteiger partial charge in [0.05, 0.1) is 13.0 Å². The van der Waals surface area contributed by atoms with Crippen molar-refractivity contribution in [1.82, 2.24) is 0 Å². The zero-order chi connectivity index (χ0) is 13.0. The van der Waals surface area contributed by atoms with Gasteiger partial charge in [-0.25, -0.2) is 0 Å². The van der Waals surface area contributed by atoms with Gasteiger partial charge in [0.1, 0.15) is 0 Å². The molecule has 1 fully saturated rings. The number of methoxy groups -OCH3 is 1. The molecule has 98 valence electrons. The molecule has 0 radical (unpaired) electrons. The lowest BCUT2D eigenvalue weighted by atomic mass is 9.96. The second-order valence-electron chi connectivity index (χ2n) is 4.79. The molecule has 0 spiro atoms. The van der Waals surface area contributed by atoms with Crippen LogP contribution in [-0.2, 0) is 16.0 Å². The van der Waals surface area contributed by atoms with Crippen LogP contribution in [-0.4, -0.2) is 26.2 Å². The van der Waals surface area contributed by atoms with E-state index in [9.17, 15) is 4.79 Å². The Bertz CT molecular complexity index is 417. The minimum absolute atomic E-state index is 0.0219. The number of hydrogen-bond donors (Lipinski definition) is 0. The fraction of sp³-hybridized carbons (Fsp3) is 0.533. The third kappa shape index (κ3) is 2.66. The lowest BCUT2D eigenvalue weighted by Gasteiger charge is -2.34. The van der Waals surface area contributed by atoms with E-state index in [1.165, 1.54) is 18.4 Å². The molecule has 1 unspecified atom stereocenters. The molecule has 3 nitrogen and oxygen atoms in total. The number of aryl methyl sites for hydroxylation is 1. The summed E-state index contributed by atoms with van der Waals surface area (Å²) in [7, 11) is 1.47. The molecular formula is C15H21NO2. The van der Waals surface area contributed by atoms with Crippen LogP contribution in [0.5, 0.6) is 0 Å². The summed E-state index contributed by atoms with van der Waals surface area (Å²) in [6.45, 7) is 3.98. The first-order valence-corrected chi connectivity index (χ1v) is 6.67. The fourth-order valence-corrected chi connectivity index (χ4v) is 2.67. The minimum atomic E-state index is -0.0753. The van der Waals surface area contributed by atoms with E-state index in [1.807, 2.05) is 0 Å². The molecule has 0 amide bonds. The molecule has 1 aliphatic rings. The highest BCUT2D eigenvalue weighted by molar-refractivity contribution is 5.73. The van der Waals surface area contributed by atoms with Gasteiger partial charge in [-0.05, 0) is 30.9 Å². The van der Waals surface area contributed by atoms with Crippen LogP contribution in [0.1, 0.15) is 25.3 Å². The molecule has 0 bridgehead atoms. The molecular weight excluding hydrogens is 226 g/mol. The van der Waals surface area contributed by atoms with Crippen LogP contribution in [0.2, 0.25) is 0 Å². The number of anilines is 1. The third-order valence-corrected chi connectivity index (χ3v) is 3.67. The Morgan fingerprint density at radius 1 is 1.44 bits per heavy atom. The van der Waals surface area contributed by atoms with E-state index < -0.39 is 0 Å². The van der Waals surface area contributed by atoms with E-state index >= 15 is 0 Å². The summed E-state index contributed by atoms with van der Waals surface area (Å²) in [4.78, 5) is 14.0. The van der Waals surface area contributed by atoms with Crippen molar-refractivity contribution in [2.75, 3.05) is 25.1 Å². The maximum Gasteiger partial charge on any atom is 0.310 e.